The van der Waals surface area contributed by atoms with Crippen LogP contribution < -0.4 is 10.6 Å². The lowest BCUT2D eigenvalue weighted by atomic mass is 9.85. The molecule has 0 spiro atoms. The summed E-state index contributed by atoms with van der Waals surface area (Å²) >= 11 is 0. The first kappa shape index (κ1) is 32.5. The highest BCUT2D eigenvalue weighted by molar-refractivity contribution is 5.76. The summed E-state index contributed by atoms with van der Waals surface area (Å²) in [4.78, 5) is 21.6. The molecule has 35 heavy (non-hydrogen) atoms. The third-order valence-corrected chi connectivity index (χ3v) is 4.18. The molecule has 5 nitrogen and oxygen atoms in total. The average Bonchev–Trinajstić information content (AvgIpc) is 2.65. The summed E-state index contributed by atoms with van der Waals surface area (Å²) < 4.78 is 224. The highest BCUT2D eigenvalue weighted by Gasteiger charge is 2.95. The predicted octanol–water partition coefficient (Wildman–Crippen LogP) is 4.63. The Balaban J connectivity index is 6.82. The quantitative estimate of drug-likeness (QED) is 0.339. The lowest BCUT2D eigenvalue weighted by Crippen LogP contribution is -2.75. The van der Waals surface area contributed by atoms with Crippen molar-refractivity contribution in [2.24, 2.45) is 5.92 Å². The van der Waals surface area contributed by atoms with Gasteiger partial charge in [0, 0.05) is 13.6 Å². The molecule has 0 saturated carbocycles. The molecule has 0 bridgehead atoms. The third-order valence-electron chi connectivity index (χ3n) is 4.18. The summed E-state index contributed by atoms with van der Waals surface area (Å²) in [5, 5.41) is 11.0. The van der Waals surface area contributed by atoms with E-state index in [0.717, 1.165) is 5.32 Å². The molecule has 22 heteroatoms. The van der Waals surface area contributed by atoms with Gasteiger partial charge in [-0.2, -0.15) is 74.6 Å². The van der Waals surface area contributed by atoms with E-state index in [9.17, 15) is 84.2 Å². The Morgan fingerprint density at radius 1 is 0.629 bits per heavy atom. The van der Waals surface area contributed by atoms with Crippen LogP contribution in [0.2, 0.25) is 0 Å². The van der Waals surface area contributed by atoms with Crippen LogP contribution in [0.15, 0.2) is 0 Å². The van der Waals surface area contributed by atoms with Gasteiger partial charge in [-0.1, -0.05) is 0 Å². The number of alkyl halides is 17. The summed E-state index contributed by atoms with van der Waals surface area (Å²) in [7, 11) is 0.686. The molecule has 0 aliphatic carbocycles. The zero-order valence-electron chi connectivity index (χ0n) is 16.0. The van der Waals surface area contributed by atoms with Gasteiger partial charge in [-0.3, -0.25) is 4.79 Å². The number of carboxylic acid groups (broad SMARTS) is 1. The number of hydrogen-bond acceptors (Lipinski definition) is 2. The summed E-state index contributed by atoms with van der Waals surface area (Å²) in [6, 6.07) is -1.69. The van der Waals surface area contributed by atoms with Gasteiger partial charge in [0.25, 0.3) is 0 Å². The maximum Gasteiger partial charge on any atom is 0.460 e. The Kier molecular flexibility index (Phi) is 8.27. The normalized spacial score (nSPS) is 16.1. The molecule has 0 rings (SSSR count). The smallest absolute Gasteiger partial charge is 0.460 e. The molecule has 0 fully saturated rings. The highest BCUT2D eigenvalue weighted by Crippen LogP contribution is 2.64. The van der Waals surface area contributed by atoms with Crippen molar-refractivity contribution in [1.82, 2.24) is 10.6 Å². The van der Waals surface area contributed by atoms with E-state index in [1.807, 2.05) is 0 Å². The molecule has 0 aromatic heterocycles. The van der Waals surface area contributed by atoms with E-state index in [2.05, 4.69) is 0 Å². The van der Waals surface area contributed by atoms with Crippen LogP contribution in [-0.4, -0.2) is 78.3 Å². The van der Waals surface area contributed by atoms with Crippen LogP contribution in [0.1, 0.15) is 0 Å². The minimum atomic E-state index is -8.82. The Hall–Kier alpha value is -2.45. The van der Waals surface area contributed by atoms with Crippen molar-refractivity contribution in [2.45, 2.75) is 47.6 Å². The van der Waals surface area contributed by atoms with Crippen molar-refractivity contribution < 1.29 is 89.3 Å². The van der Waals surface area contributed by atoms with Crippen LogP contribution in [0.5, 0.6) is 0 Å². The number of urea groups is 1. The topological polar surface area (TPSA) is 78.4 Å². The van der Waals surface area contributed by atoms with Gasteiger partial charge in [-0.25, -0.2) is 4.79 Å². The maximum atomic E-state index is 13.9. The number of carbonyl (C=O) groups excluding carboxylic acids is 1. The summed E-state index contributed by atoms with van der Waals surface area (Å²) in [5.41, 5.74) is 0. The molecule has 0 heterocycles. The molecule has 1 atom stereocenters. The molecule has 1 unspecified atom stereocenters. The van der Waals surface area contributed by atoms with E-state index in [1.54, 1.807) is 0 Å². The number of carboxylic acids is 1. The van der Waals surface area contributed by atoms with Gasteiger partial charge >= 0.3 is 59.6 Å². The average molecular weight is 564 g/mol. The second-order valence-electron chi connectivity index (χ2n) is 6.42. The molecular weight excluding hydrogens is 555 g/mol. The van der Waals surface area contributed by atoms with Gasteiger partial charge in [-0.15, -0.1) is 0 Å². The van der Waals surface area contributed by atoms with Crippen LogP contribution in [0.25, 0.3) is 0 Å². The number of halogens is 17. The first-order chi connectivity index (χ1) is 15.0. The zero-order valence-corrected chi connectivity index (χ0v) is 16.0. The Bertz CT molecular complexity index is 808. The number of nitrogens with one attached hydrogen (secondary N) is 2. The molecule has 0 aromatic carbocycles. The first-order valence-electron chi connectivity index (χ1n) is 7.93. The maximum absolute atomic E-state index is 13.9. The molecule has 0 aromatic rings. The molecule has 208 valence electrons. The van der Waals surface area contributed by atoms with Crippen LogP contribution in [0.3, 0.4) is 0 Å². The van der Waals surface area contributed by atoms with E-state index in [0.29, 0.717) is 7.05 Å². The SMILES string of the molecule is CNC(=O)NCC(C(=O)O)C(F)(F)C(F)(F)C(F)(F)C(F)(F)C(F)(F)C(F)(F)C(F)(F)C(F)(F)F. The number of carbonyl (C=O) groups is 2. The molecule has 0 saturated heterocycles. The number of aliphatic carboxylic acids is 1. The fourth-order valence-electron chi connectivity index (χ4n) is 2.05. The Labute approximate surface area is 180 Å². The van der Waals surface area contributed by atoms with Gasteiger partial charge in [-0.05, 0) is 0 Å². The van der Waals surface area contributed by atoms with E-state index in [4.69, 9.17) is 5.11 Å². The Morgan fingerprint density at radius 3 is 1.23 bits per heavy atom. The van der Waals surface area contributed by atoms with Gasteiger partial charge in [0.1, 0.15) is 5.92 Å². The van der Waals surface area contributed by atoms with E-state index in [-0.39, 0.29) is 0 Å². The molecule has 0 aliphatic rings. The summed E-state index contributed by atoms with van der Waals surface area (Å²) in [5.74, 6) is -66.3. The monoisotopic (exact) mass is 564 g/mol. The fraction of sp³-hybridized carbons (Fsp3) is 0.846. The number of rotatable bonds is 10. The van der Waals surface area contributed by atoms with Gasteiger partial charge in [0.05, 0.1) is 0 Å². The number of hydrogen-bond donors (Lipinski definition) is 3. The van der Waals surface area contributed by atoms with Crippen molar-refractivity contribution in [3.05, 3.63) is 0 Å². The number of amides is 2. The second kappa shape index (κ2) is 8.89. The van der Waals surface area contributed by atoms with Crippen molar-refractivity contribution in [1.29, 1.82) is 0 Å². The summed E-state index contributed by atoms with van der Waals surface area (Å²) in [6.45, 7) is -2.34. The minimum absolute atomic E-state index is 0.686. The van der Waals surface area contributed by atoms with Crippen molar-refractivity contribution in [2.75, 3.05) is 13.6 Å². The first-order valence-corrected chi connectivity index (χ1v) is 7.93. The minimum Gasteiger partial charge on any atom is -0.481 e. The zero-order chi connectivity index (χ0) is 28.9. The van der Waals surface area contributed by atoms with Crippen molar-refractivity contribution in [3.63, 3.8) is 0 Å². The van der Waals surface area contributed by atoms with Crippen LogP contribution >= 0.6 is 0 Å². The third kappa shape index (κ3) is 4.58. The van der Waals surface area contributed by atoms with Gasteiger partial charge in [0.2, 0.25) is 0 Å². The van der Waals surface area contributed by atoms with Crippen LogP contribution in [0, 0.1) is 5.92 Å². The largest absolute Gasteiger partial charge is 0.481 e. The van der Waals surface area contributed by atoms with E-state index >= 15 is 0 Å². The van der Waals surface area contributed by atoms with E-state index < -0.39 is 72.1 Å². The van der Waals surface area contributed by atoms with Crippen molar-refractivity contribution in [3.8, 4) is 0 Å². The lowest BCUT2D eigenvalue weighted by Gasteiger charge is -2.43. The van der Waals surface area contributed by atoms with Gasteiger partial charge < -0.3 is 15.7 Å². The molecule has 0 radical (unpaired) electrons. The van der Waals surface area contributed by atoms with Crippen molar-refractivity contribution >= 4 is 12.0 Å². The molecule has 0 aliphatic heterocycles. The van der Waals surface area contributed by atoms with Crippen LogP contribution in [0.4, 0.5) is 79.4 Å². The molecule has 2 amide bonds. The fourth-order valence-corrected chi connectivity index (χ4v) is 2.05. The Morgan fingerprint density at radius 2 is 0.943 bits per heavy atom. The summed E-state index contributed by atoms with van der Waals surface area (Å²) in [6.07, 6.45) is -7.88. The molecular formula is C13H9F17N2O3. The standard InChI is InChI=1S/C13H9F17N2O3/c1-31-5(35)32-2-3(4(33)34)6(14,15)7(16,17)8(18,19)9(20,21)10(22,23)11(24,25)12(26,27)13(28,29)30/h3H,2H2,1H3,(H,33,34)(H2,31,32,35). The molecule has 3 N–H and O–H groups in total. The van der Waals surface area contributed by atoms with E-state index in [1.165, 1.54) is 5.32 Å². The predicted molar refractivity (Wildman–Crippen MR) is 74.3 cm³/mol. The van der Waals surface area contributed by atoms with Crippen LogP contribution in [-0.2, 0) is 4.79 Å². The second-order valence-corrected chi connectivity index (χ2v) is 6.42. The lowest BCUT2D eigenvalue weighted by molar-refractivity contribution is -0.463. The highest BCUT2D eigenvalue weighted by atomic mass is 19.4. The van der Waals surface area contributed by atoms with Gasteiger partial charge in [0.15, 0.2) is 0 Å².